The van der Waals surface area contributed by atoms with E-state index in [1.165, 1.54) is 46.5 Å². The topological polar surface area (TPSA) is 103 Å². The molecule has 0 aliphatic carbocycles. The summed E-state index contributed by atoms with van der Waals surface area (Å²) in [7, 11) is 0. The van der Waals surface area contributed by atoms with Crippen molar-refractivity contribution in [2.24, 2.45) is 5.92 Å². The van der Waals surface area contributed by atoms with Gasteiger partial charge in [0.25, 0.3) is 5.91 Å². The van der Waals surface area contributed by atoms with E-state index < -0.39 is 24.0 Å². The number of hydrogen-bond acceptors (Lipinski definition) is 7. The second-order valence-corrected chi connectivity index (χ2v) is 9.58. The summed E-state index contributed by atoms with van der Waals surface area (Å²) in [6, 6.07) is 14.4. The Morgan fingerprint density at radius 1 is 1.03 bits per heavy atom. The highest BCUT2D eigenvalue weighted by atomic mass is 32.1. The van der Waals surface area contributed by atoms with Gasteiger partial charge in [-0.1, -0.05) is 42.5 Å². The van der Waals surface area contributed by atoms with E-state index in [0.29, 0.717) is 16.1 Å². The third kappa shape index (κ3) is 8.34. The smallest absolute Gasteiger partial charge is 0.406 e. The van der Waals surface area contributed by atoms with Crippen LogP contribution in [0.4, 0.5) is 13.2 Å². The van der Waals surface area contributed by atoms with Crippen molar-refractivity contribution in [2.45, 2.75) is 32.3 Å². The second kappa shape index (κ2) is 12.5. The van der Waals surface area contributed by atoms with E-state index in [1.54, 1.807) is 17.8 Å². The Morgan fingerprint density at radius 3 is 2.44 bits per heavy atom. The van der Waals surface area contributed by atoms with Crippen LogP contribution in [0.15, 0.2) is 78.6 Å². The second-order valence-electron chi connectivity index (χ2n) is 8.60. The molecule has 4 aromatic rings. The molecule has 1 amide bonds. The predicted octanol–water partition coefficient (Wildman–Crippen LogP) is 4.61. The van der Waals surface area contributed by atoms with Crippen LogP contribution in [0, 0.1) is 5.92 Å². The summed E-state index contributed by atoms with van der Waals surface area (Å²) in [4.78, 5) is 42.6. The lowest BCUT2D eigenvalue weighted by Crippen LogP contribution is -2.37. The monoisotopic (exact) mass is 556 g/mol. The van der Waals surface area contributed by atoms with Gasteiger partial charge >= 0.3 is 6.36 Å². The van der Waals surface area contributed by atoms with Gasteiger partial charge in [0.1, 0.15) is 10.8 Å². The van der Waals surface area contributed by atoms with Crippen molar-refractivity contribution in [2.75, 3.05) is 0 Å². The van der Waals surface area contributed by atoms with Gasteiger partial charge in [-0.3, -0.25) is 19.1 Å². The maximum absolute atomic E-state index is 13.0. The van der Waals surface area contributed by atoms with Crippen molar-refractivity contribution in [3.05, 3.63) is 89.1 Å². The average molecular weight is 557 g/mol. The van der Waals surface area contributed by atoms with E-state index in [0.717, 1.165) is 5.56 Å². The lowest BCUT2D eigenvalue weighted by molar-refractivity contribution is -0.274. The highest BCUT2D eigenvalue weighted by Gasteiger charge is 2.31. The zero-order valence-corrected chi connectivity index (χ0v) is 21.2. The van der Waals surface area contributed by atoms with E-state index in [-0.39, 0.29) is 37.5 Å². The first-order chi connectivity index (χ1) is 18.7. The molecule has 0 fully saturated rings. The molecule has 0 unspecified atom stereocenters. The zero-order valence-electron chi connectivity index (χ0n) is 20.4. The number of halogens is 3. The number of ether oxygens (including phenoxy) is 1. The van der Waals surface area contributed by atoms with Crippen molar-refractivity contribution >= 4 is 28.8 Å². The van der Waals surface area contributed by atoms with Crippen LogP contribution in [-0.2, 0) is 33.9 Å². The average Bonchev–Trinajstić information content (AvgIpc) is 3.59. The molecule has 1 atom stereocenters. The molecule has 0 radical (unpaired) electrons. The molecular weight excluding hydrogens is 533 g/mol. The number of nitrogens with zero attached hydrogens (tertiary/aromatic N) is 3. The molecule has 0 aliphatic rings. The predicted molar refractivity (Wildman–Crippen MR) is 137 cm³/mol. The Morgan fingerprint density at radius 2 is 1.77 bits per heavy atom. The number of alkyl halides is 3. The minimum absolute atomic E-state index is 0.119. The van der Waals surface area contributed by atoms with Gasteiger partial charge in [-0.25, -0.2) is 4.98 Å². The van der Waals surface area contributed by atoms with Gasteiger partial charge < -0.3 is 10.1 Å². The van der Waals surface area contributed by atoms with Gasteiger partial charge in [0.2, 0.25) is 5.78 Å². The van der Waals surface area contributed by atoms with Crippen LogP contribution in [0.2, 0.25) is 0 Å². The number of ketones is 2. The first kappa shape index (κ1) is 27.7. The van der Waals surface area contributed by atoms with Gasteiger partial charge in [0, 0.05) is 35.7 Å². The molecule has 0 saturated heterocycles. The fourth-order valence-corrected chi connectivity index (χ4v) is 4.45. The Labute approximate surface area is 225 Å². The summed E-state index contributed by atoms with van der Waals surface area (Å²) in [5.74, 6) is -2.99. The summed E-state index contributed by atoms with van der Waals surface area (Å²) in [6.07, 6.45) is -0.0842. The van der Waals surface area contributed by atoms with Crippen molar-refractivity contribution in [1.82, 2.24) is 20.1 Å². The van der Waals surface area contributed by atoms with E-state index >= 15 is 0 Å². The third-order valence-electron chi connectivity index (χ3n) is 5.67. The third-order valence-corrected chi connectivity index (χ3v) is 6.45. The maximum atomic E-state index is 13.0. The summed E-state index contributed by atoms with van der Waals surface area (Å²) >= 11 is 1.35. The van der Waals surface area contributed by atoms with Crippen LogP contribution < -0.4 is 10.1 Å². The minimum Gasteiger partial charge on any atom is -0.406 e. The number of carbonyl (C=O) groups is 3. The van der Waals surface area contributed by atoms with Gasteiger partial charge in [-0.15, -0.1) is 24.5 Å². The summed E-state index contributed by atoms with van der Waals surface area (Å²) in [5, 5.41) is 9.15. The molecule has 0 aliphatic heterocycles. The van der Waals surface area contributed by atoms with Crippen LogP contribution >= 0.6 is 11.3 Å². The van der Waals surface area contributed by atoms with Gasteiger partial charge in [0.05, 0.1) is 19.3 Å². The van der Waals surface area contributed by atoms with E-state index in [1.807, 2.05) is 30.3 Å². The molecule has 39 heavy (non-hydrogen) atoms. The Balaban J connectivity index is 1.40. The van der Waals surface area contributed by atoms with Crippen molar-refractivity contribution in [3.8, 4) is 16.9 Å². The van der Waals surface area contributed by atoms with E-state index in [2.05, 4.69) is 20.1 Å². The standard InChI is InChI=1S/C27H23F3N4O4S/c28-27(29,30)38-23-8-6-19(7-9-23)21-14-33-34(16-21)17-22(35)13-20(12-18-4-2-1-3-5-18)25(36)26(37)32-15-24-31-10-11-39-24/h1-11,14,16,20H,12-13,15,17H2,(H,32,37)/t20-/m0/s1. The normalized spacial score (nSPS) is 12.1. The largest absolute Gasteiger partial charge is 0.573 e. The highest BCUT2D eigenvalue weighted by molar-refractivity contribution is 7.09. The van der Waals surface area contributed by atoms with Crippen molar-refractivity contribution in [3.63, 3.8) is 0 Å². The molecule has 1 N–H and O–H groups in total. The van der Waals surface area contributed by atoms with Gasteiger partial charge in [-0.2, -0.15) is 5.10 Å². The van der Waals surface area contributed by atoms with Crippen LogP contribution in [-0.4, -0.2) is 38.6 Å². The maximum Gasteiger partial charge on any atom is 0.573 e. The van der Waals surface area contributed by atoms with Crippen LogP contribution in [0.25, 0.3) is 11.1 Å². The van der Waals surface area contributed by atoms with Crippen LogP contribution in [0.5, 0.6) is 5.75 Å². The van der Waals surface area contributed by atoms with Gasteiger partial charge in [-0.05, 0) is 29.7 Å². The number of aromatic nitrogens is 3. The zero-order chi connectivity index (χ0) is 27.8. The molecule has 0 bridgehead atoms. The summed E-state index contributed by atoms with van der Waals surface area (Å²) < 4.78 is 42.4. The van der Waals surface area contributed by atoms with Crippen LogP contribution in [0.3, 0.4) is 0 Å². The number of rotatable bonds is 12. The van der Waals surface area contributed by atoms with Crippen molar-refractivity contribution in [1.29, 1.82) is 0 Å². The molecule has 4 rings (SSSR count). The molecule has 0 spiro atoms. The summed E-state index contributed by atoms with van der Waals surface area (Å²) in [6.45, 7) is -0.0256. The quantitative estimate of drug-likeness (QED) is 0.256. The fraction of sp³-hybridized carbons (Fsp3) is 0.222. The molecular formula is C27H23F3N4O4S. The molecule has 2 heterocycles. The number of nitrogens with one attached hydrogen (secondary N) is 1. The molecule has 12 heteroatoms. The van der Waals surface area contributed by atoms with Gasteiger partial charge in [0.15, 0.2) is 5.78 Å². The first-order valence-corrected chi connectivity index (χ1v) is 12.7. The Bertz CT molecular complexity index is 1410. The number of Topliss-reactive ketones (excluding diaryl/α,β-unsaturated/α-hetero) is 2. The Kier molecular flexibility index (Phi) is 8.87. The number of thiazole rings is 1. The fourth-order valence-electron chi connectivity index (χ4n) is 3.89. The lowest BCUT2D eigenvalue weighted by atomic mass is 9.90. The first-order valence-electron chi connectivity index (χ1n) is 11.8. The van der Waals surface area contributed by atoms with E-state index in [9.17, 15) is 27.6 Å². The SMILES string of the molecule is O=C(C[C@H](Cc1ccccc1)C(=O)C(=O)NCc1nccs1)Cn1cc(-c2ccc(OC(F)(F)F)cc2)cn1. The molecule has 2 aromatic carbocycles. The Hall–Kier alpha value is -4.32. The minimum atomic E-state index is -4.78. The number of amides is 1. The number of carbonyl (C=O) groups excluding carboxylic acids is 3. The summed E-state index contributed by atoms with van der Waals surface area (Å²) in [5.41, 5.74) is 1.98. The highest BCUT2D eigenvalue weighted by Crippen LogP contribution is 2.26. The lowest BCUT2D eigenvalue weighted by Gasteiger charge is -2.15. The van der Waals surface area contributed by atoms with Crippen LogP contribution in [0.1, 0.15) is 17.0 Å². The van der Waals surface area contributed by atoms with Crippen molar-refractivity contribution < 1.29 is 32.3 Å². The molecule has 0 saturated carbocycles. The molecule has 2 aromatic heterocycles. The molecule has 8 nitrogen and oxygen atoms in total. The number of benzene rings is 2. The number of hydrogen-bond donors (Lipinski definition) is 1. The van der Waals surface area contributed by atoms with E-state index in [4.69, 9.17) is 0 Å². The molecule has 202 valence electrons.